The third-order valence-corrected chi connectivity index (χ3v) is 8.20. The molecular weight excluding hydrogens is 584 g/mol. The maximum Gasteiger partial charge on any atom is 0.338 e. The molecule has 3 aromatic carbocycles. The lowest BCUT2D eigenvalue weighted by molar-refractivity contribution is -0.139. The van der Waals surface area contributed by atoms with Crippen LogP contribution in [0.2, 0.25) is 5.02 Å². The highest BCUT2D eigenvalue weighted by Gasteiger charge is 2.33. The van der Waals surface area contributed by atoms with Crippen molar-refractivity contribution in [2.75, 3.05) is 25.6 Å². The summed E-state index contributed by atoms with van der Waals surface area (Å²) in [5, 5.41) is 9.55. The number of benzene rings is 3. The molecule has 1 aliphatic heterocycles. The van der Waals surface area contributed by atoms with Gasteiger partial charge in [0.25, 0.3) is 5.56 Å². The standard InChI is InChI=1S/C33H29ClN4O4S/c1-5-41-32(40)29-20(2)36-33-38(30(29)23-10-13-26(14-11-23)37(3)4)31(39)28(43-33)17-24-16-25(34)12-15-27(24)42-19-22-8-6-21(18-35)7-9-22/h6-17,30H,5,19H2,1-4H3/b28-17+/t30-/m0/s1. The molecule has 0 saturated carbocycles. The number of ether oxygens (including phenoxy) is 2. The Kier molecular flexibility index (Phi) is 8.81. The molecule has 1 aromatic heterocycles. The fraction of sp³-hybridized carbons (Fsp3) is 0.212. The van der Waals surface area contributed by atoms with E-state index in [2.05, 4.69) is 11.1 Å². The number of nitrogens with zero attached hydrogens (tertiary/aromatic N) is 4. The first kappa shape index (κ1) is 29.8. The summed E-state index contributed by atoms with van der Waals surface area (Å²) < 4.78 is 13.5. The highest BCUT2D eigenvalue weighted by Crippen LogP contribution is 2.32. The van der Waals surface area contributed by atoms with Crippen LogP contribution in [-0.4, -0.2) is 31.2 Å². The minimum atomic E-state index is -0.708. The van der Waals surface area contributed by atoms with E-state index in [4.69, 9.17) is 26.3 Å². The highest BCUT2D eigenvalue weighted by molar-refractivity contribution is 7.07. The summed E-state index contributed by atoms with van der Waals surface area (Å²) in [6.45, 7) is 3.97. The highest BCUT2D eigenvalue weighted by atomic mass is 35.5. The van der Waals surface area contributed by atoms with Gasteiger partial charge in [-0.25, -0.2) is 9.79 Å². The summed E-state index contributed by atoms with van der Waals surface area (Å²) in [5.41, 5.74) is 4.38. The average Bonchev–Trinajstić information content (AvgIpc) is 3.30. The van der Waals surface area contributed by atoms with E-state index in [0.29, 0.717) is 42.5 Å². The van der Waals surface area contributed by atoms with Crippen LogP contribution in [0, 0.1) is 11.3 Å². The first-order valence-electron chi connectivity index (χ1n) is 13.6. The molecule has 0 unspecified atom stereocenters. The van der Waals surface area contributed by atoms with Crippen molar-refractivity contribution in [2.45, 2.75) is 26.5 Å². The molecule has 218 valence electrons. The smallest absolute Gasteiger partial charge is 0.338 e. The molecule has 43 heavy (non-hydrogen) atoms. The van der Waals surface area contributed by atoms with Gasteiger partial charge in [0.15, 0.2) is 4.80 Å². The quantitative estimate of drug-likeness (QED) is 0.261. The lowest BCUT2D eigenvalue weighted by Gasteiger charge is -2.25. The van der Waals surface area contributed by atoms with Crippen molar-refractivity contribution in [3.8, 4) is 11.8 Å². The van der Waals surface area contributed by atoms with Gasteiger partial charge in [-0.3, -0.25) is 9.36 Å². The van der Waals surface area contributed by atoms with Crippen molar-refractivity contribution >= 4 is 40.7 Å². The molecule has 0 aliphatic carbocycles. The van der Waals surface area contributed by atoms with Gasteiger partial charge in [-0.05, 0) is 73.5 Å². The first-order valence-corrected chi connectivity index (χ1v) is 14.8. The molecule has 5 rings (SSSR count). The Morgan fingerprint density at radius 1 is 1.14 bits per heavy atom. The molecule has 10 heteroatoms. The molecule has 1 atom stereocenters. The van der Waals surface area contributed by atoms with Crippen molar-refractivity contribution < 1.29 is 14.3 Å². The lowest BCUT2D eigenvalue weighted by Crippen LogP contribution is -2.40. The van der Waals surface area contributed by atoms with E-state index in [1.165, 1.54) is 11.3 Å². The van der Waals surface area contributed by atoms with E-state index < -0.39 is 12.0 Å². The van der Waals surface area contributed by atoms with E-state index in [0.717, 1.165) is 16.8 Å². The largest absolute Gasteiger partial charge is 0.488 e. The fourth-order valence-electron chi connectivity index (χ4n) is 4.80. The molecule has 0 radical (unpaired) electrons. The minimum absolute atomic E-state index is 0.201. The predicted octanol–water partition coefficient (Wildman–Crippen LogP) is 4.97. The second-order valence-corrected chi connectivity index (χ2v) is 11.5. The number of esters is 1. The van der Waals surface area contributed by atoms with Gasteiger partial charge in [-0.1, -0.05) is 47.2 Å². The Labute approximate surface area is 258 Å². The van der Waals surface area contributed by atoms with Crippen LogP contribution in [0.1, 0.15) is 42.1 Å². The normalized spacial score (nSPS) is 14.5. The number of hydrogen-bond acceptors (Lipinski definition) is 8. The Hall–Kier alpha value is -4.65. The number of nitriles is 1. The summed E-state index contributed by atoms with van der Waals surface area (Å²) >= 11 is 7.58. The first-order chi connectivity index (χ1) is 20.7. The van der Waals surface area contributed by atoms with E-state index in [-0.39, 0.29) is 18.8 Å². The van der Waals surface area contributed by atoms with Crippen molar-refractivity contribution in [1.29, 1.82) is 5.26 Å². The number of aromatic nitrogens is 1. The average molecular weight is 613 g/mol. The van der Waals surface area contributed by atoms with Gasteiger partial charge in [0.2, 0.25) is 0 Å². The molecule has 8 nitrogen and oxygen atoms in total. The van der Waals surface area contributed by atoms with Crippen molar-refractivity contribution in [3.63, 3.8) is 0 Å². The predicted molar refractivity (Wildman–Crippen MR) is 168 cm³/mol. The van der Waals surface area contributed by atoms with E-state index in [1.54, 1.807) is 54.8 Å². The monoisotopic (exact) mass is 612 g/mol. The number of carbonyl (C=O) groups is 1. The van der Waals surface area contributed by atoms with E-state index in [9.17, 15) is 9.59 Å². The van der Waals surface area contributed by atoms with Gasteiger partial charge in [0.05, 0.1) is 40.1 Å². The zero-order valence-electron chi connectivity index (χ0n) is 24.1. The Bertz CT molecular complexity index is 1930. The third-order valence-electron chi connectivity index (χ3n) is 6.98. The van der Waals surface area contributed by atoms with Crippen LogP contribution in [0.25, 0.3) is 6.08 Å². The summed E-state index contributed by atoms with van der Waals surface area (Å²) in [6, 6.07) is 21.5. The number of hydrogen-bond donors (Lipinski definition) is 0. The molecule has 0 fully saturated rings. The van der Waals surface area contributed by atoms with Crippen molar-refractivity contribution in [2.24, 2.45) is 4.99 Å². The SMILES string of the molecule is CCOC(=O)C1=C(C)N=c2s/c(=C/c3cc(Cl)ccc3OCc3ccc(C#N)cc3)c(=O)n2[C@H]1c1ccc(N(C)C)cc1. The third kappa shape index (κ3) is 6.26. The van der Waals surface area contributed by atoms with Crippen molar-refractivity contribution in [3.05, 3.63) is 125 Å². The fourth-order valence-corrected chi connectivity index (χ4v) is 6.02. The van der Waals surface area contributed by atoms with Gasteiger partial charge in [0.1, 0.15) is 12.4 Å². The molecule has 0 amide bonds. The summed E-state index contributed by atoms with van der Waals surface area (Å²) in [7, 11) is 3.90. The molecule has 1 aliphatic rings. The number of allylic oxidation sites excluding steroid dienone is 1. The Balaban J connectivity index is 1.59. The number of carbonyl (C=O) groups excluding carboxylic acids is 1. The van der Waals surface area contributed by atoms with Gasteiger partial charge in [0, 0.05) is 30.4 Å². The summed E-state index contributed by atoms with van der Waals surface area (Å²) in [4.78, 5) is 34.3. The maximum atomic E-state index is 14.0. The molecule has 0 spiro atoms. The zero-order valence-corrected chi connectivity index (χ0v) is 25.7. The molecular formula is C33H29ClN4O4S. The van der Waals surface area contributed by atoms with Crippen LogP contribution in [0.5, 0.6) is 5.75 Å². The van der Waals surface area contributed by atoms with Crippen LogP contribution in [0.4, 0.5) is 5.69 Å². The number of rotatable bonds is 8. The second kappa shape index (κ2) is 12.7. The van der Waals surface area contributed by atoms with Crippen LogP contribution in [-0.2, 0) is 16.1 Å². The zero-order chi connectivity index (χ0) is 30.7. The Morgan fingerprint density at radius 2 is 1.86 bits per heavy atom. The van der Waals surface area contributed by atoms with Crippen LogP contribution in [0.15, 0.2) is 87.8 Å². The van der Waals surface area contributed by atoms with Crippen molar-refractivity contribution in [1.82, 2.24) is 4.57 Å². The van der Waals surface area contributed by atoms with Crippen LogP contribution in [0.3, 0.4) is 0 Å². The number of thiazole rings is 1. The maximum absolute atomic E-state index is 14.0. The van der Waals surface area contributed by atoms with E-state index in [1.807, 2.05) is 55.4 Å². The summed E-state index contributed by atoms with van der Waals surface area (Å²) in [5.74, 6) is 0.0341. The Morgan fingerprint density at radius 3 is 2.51 bits per heavy atom. The molecule has 0 saturated heterocycles. The van der Waals surface area contributed by atoms with Gasteiger partial charge < -0.3 is 14.4 Å². The number of halogens is 1. The lowest BCUT2D eigenvalue weighted by atomic mass is 9.95. The molecule has 0 N–H and O–H groups in total. The van der Waals surface area contributed by atoms with Crippen LogP contribution < -0.4 is 24.5 Å². The molecule has 4 aromatic rings. The number of anilines is 1. The molecule has 0 bridgehead atoms. The summed E-state index contributed by atoms with van der Waals surface area (Å²) in [6.07, 6.45) is 1.74. The van der Waals surface area contributed by atoms with Gasteiger partial charge in [-0.15, -0.1) is 0 Å². The number of fused-ring (bicyclic) bond motifs is 1. The topological polar surface area (TPSA) is 96.9 Å². The van der Waals surface area contributed by atoms with Gasteiger partial charge >= 0.3 is 5.97 Å². The van der Waals surface area contributed by atoms with Crippen LogP contribution >= 0.6 is 22.9 Å². The molecule has 2 heterocycles. The van der Waals surface area contributed by atoms with Gasteiger partial charge in [-0.2, -0.15) is 5.26 Å². The second-order valence-electron chi connectivity index (χ2n) is 10.1. The van der Waals surface area contributed by atoms with E-state index >= 15 is 0 Å². The minimum Gasteiger partial charge on any atom is -0.488 e.